The van der Waals surface area contributed by atoms with Crippen LogP contribution in [0.5, 0.6) is 5.75 Å². The highest BCUT2D eigenvalue weighted by Crippen LogP contribution is 2.43. The molecular weight excluding hydrogens is 497 g/mol. The lowest BCUT2D eigenvalue weighted by Crippen LogP contribution is -2.16. The fraction of sp³-hybridized carbons (Fsp3) is 0.207. The average Bonchev–Trinajstić information content (AvgIpc) is 3.67. The molecular formula is C29H25ClFNO3S. The summed E-state index contributed by atoms with van der Waals surface area (Å²) in [6.45, 7) is 1.76. The van der Waals surface area contributed by atoms with Crippen LogP contribution < -0.4 is 10.1 Å². The van der Waals surface area contributed by atoms with Crippen molar-refractivity contribution >= 4 is 34.7 Å². The maximum Gasteiger partial charge on any atom is 0.412 e. The molecule has 4 aromatic rings. The first-order chi connectivity index (χ1) is 17.4. The van der Waals surface area contributed by atoms with Crippen molar-refractivity contribution in [2.24, 2.45) is 0 Å². The number of methoxy groups -OCH3 is 1. The second kappa shape index (κ2) is 10.3. The molecule has 0 aliphatic heterocycles. The fourth-order valence-corrected chi connectivity index (χ4v) is 5.16. The number of rotatable bonds is 7. The van der Waals surface area contributed by atoms with Crippen molar-refractivity contribution < 1.29 is 18.7 Å². The van der Waals surface area contributed by atoms with Gasteiger partial charge in [0, 0.05) is 16.7 Å². The van der Waals surface area contributed by atoms with Gasteiger partial charge in [0.1, 0.15) is 11.9 Å². The van der Waals surface area contributed by atoms with Crippen LogP contribution in [0.15, 0.2) is 72.8 Å². The van der Waals surface area contributed by atoms with Crippen LogP contribution in [0.2, 0.25) is 5.02 Å². The third kappa shape index (κ3) is 5.40. The van der Waals surface area contributed by atoms with Crippen molar-refractivity contribution in [3.63, 3.8) is 0 Å². The first-order valence-corrected chi connectivity index (χ1v) is 12.9. The van der Waals surface area contributed by atoms with E-state index >= 15 is 0 Å². The Hall–Kier alpha value is -3.35. The Bertz CT molecular complexity index is 1380. The van der Waals surface area contributed by atoms with Gasteiger partial charge in [-0.15, -0.1) is 11.3 Å². The van der Waals surface area contributed by atoms with Crippen molar-refractivity contribution in [1.29, 1.82) is 0 Å². The number of nitrogens with one attached hydrogen (secondary N) is 1. The summed E-state index contributed by atoms with van der Waals surface area (Å²) < 4.78 is 25.5. The van der Waals surface area contributed by atoms with Gasteiger partial charge in [-0.05, 0) is 66.1 Å². The molecule has 1 aliphatic rings. The molecule has 0 bridgehead atoms. The van der Waals surface area contributed by atoms with Gasteiger partial charge in [0.2, 0.25) is 0 Å². The van der Waals surface area contributed by atoms with Crippen LogP contribution in [0.3, 0.4) is 0 Å². The third-order valence-electron chi connectivity index (χ3n) is 6.30. The summed E-state index contributed by atoms with van der Waals surface area (Å²) in [5.74, 6) is 1.37. The van der Waals surface area contributed by atoms with Gasteiger partial charge in [-0.2, -0.15) is 4.39 Å². The molecule has 3 aromatic carbocycles. The summed E-state index contributed by atoms with van der Waals surface area (Å²) in [4.78, 5) is 13.2. The minimum absolute atomic E-state index is 0.342. The molecule has 4 nitrogen and oxygen atoms in total. The summed E-state index contributed by atoms with van der Waals surface area (Å²) in [5, 5.41) is 2.88. The molecule has 1 unspecified atom stereocenters. The molecule has 0 spiro atoms. The number of benzene rings is 3. The molecule has 1 fully saturated rings. The second-order valence-electron chi connectivity index (χ2n) is 8.83. The van der Waals surface area contributed by atoms with Crippen LogP contribution >= 0.6 is 22.9 Å². The Balaban J connectivity index is 1.35. The molecule has 0 radical (unpaired) electrons. The van der Waals surface area contributed by atoms with Gasteiger partial charge >= 0.3 is 6.09 Å². The Morgan fingerprint density at radius 2 is 1.72 bits per heavy atom. The normalized spacial score (nSPS) is 13.8. The number of amides is 1. The topological polar surface area (TPSA) is 47.6 Å². The van der Waals surface area contributed by atoms with Crippen LogP contribution in [0.4, 0.5) is 14.9 Å². The largest absolute Gasteiger partial charge is 0.496 e. The lowest BCUT2D eigenvalue weighted by atomic mass is 9.99. The van der Waals surface area contributed by atoms with Gasteiger partial charge in [-0.1, -0.05) is 60.1 Å². The van der Waals surface area contributed by atoms with Crippen LogP contribution in [-0.2, 0) is 4.74 Å². The van der Waals surface area contributed by atoms with Crippen LogP contribution in [0, 0.1) is 5.13 Å². The van der Waals surface area contributed by atoms with Gasteiger partial charge < -0.3 is 9.47 Å². The zero-order chi connectivity index (χ0) is 25.2. The van der Waals surface area contributed by atoms with E-state index in [9.17, 15) is 9.18 Å². The quantitative estimate of drug-likeness (QED) is 0.264. The van der Waals surface area contributed by atoms with Crippen molar-refractivity contribution in [3.05, 3.63) is 94.1 Å². The summed E-state index contributed by atoms with van der Waals surface area (Å²) in [6, 6.07) is 22.7. The number of carbonyl (C=O) groups excluding carboxylic acids is 1. The lowest BCUT2D eigenvalue weighted by molar-refractivity contribution is 0.121. The van der Waals surface area contributed by atoms with E-state index < -0.39 is 17.3 Å². The van der Waals surface area contributed by atoms with Gasteiger partial charge in [0.25, 0.3) is 0 Å². The SMILES string of the molecule is COc1cc(-c2sc(F)cc2NC(=O)OC(C)c2ccc(Cl)cc2)ccc1-c1ccc(C2CC2)cc1. The van der Waals surface area contributed by atoms with Crippen molar-refractivity contribution in [2.75, 3.05) is 12.4 Å². The van der Waals surface area contributed by atoms with E-state index in [0.717, 1.165) is 33.6 Å². The van der Waals surface area contributed by atoms with Crippen molar-refractivity contribution in [3.8, 4) is 27.3 Å². The Morgan fingerprint density at radius 1 is 1.03 bits per heavy atom. The predicted octanol–water partition coefficient (Wildman–Crippen LogP) is 9.07. The van der Waals surface area contributed by atoms with E-state index in [0.29, 0.717) is 27.3 Å². The van der Waals surface area contributed by atoms with E-state index in [2.05, 4.69) is 29.6 Å². The zero-order valence-corrected chi connectivity index (χ0v) is 21.5. The average molecular weight is 522 g/mol. The second-order valence-corrected chi connectivity index (χ2v) is 10.3. The molecule has 1 atom stereocenters. The minimum Gasteiger partial charge on any atom is -0.496 e. The first-order valence-electron chi connectivity index (χ1n) is 11.7. The van der Waals surface area contributed by atoms with Crippen LogP contribution in [0.1, 0.15) is 42.9 Å². The summed E-state index contributed by atoms with van der Waals surface area (Å²) in [6.07, 6.45) is 1.35. The molecule has 1 aromatic heterocycles. The first kappa shape index (κ1) is 24.3. The number of thiophene rings is 1. The maximum atomic E-state index is 14.3. The van der Waals surface area contributed by atoms with Crippen molar-refractivity contribution in [1.82, 2.24) is 0 Å². The molecule has 36 heavy (non-hydrogen) atoms. The maximum absolute atomic E-state index is 14.3. The van der Waals surface area contributed by atoms with Crippen LogP contribution in [-0.4, -0.2) is 13.2 Å². The van der Waals surface area contributed by atoms with Gasteiger partial charge in [-0.3, -0.25) is 5.32 Å². The van der Waals surface area contributed by atoms with E-state index in [4.69, 9.17) is 21.1 Å². The number of anilines is 1. The molecule has 1 amide bonds. The highest BCUT2D eigenvalue weighted by atomic mass is 35.5. The number of carbonyl (C=O) groups is 1. The van der Waals surface area contributed by atoms with Crippen LogP contribution in [0.25, 0.3) is 21.6 Å². The monoisotopic (exact) mass is 521 g/mol. The molecule has 184 valence electrons. The number of hydrogen-bond donors (Lipinski definition) is 1. The Morgan fingerprint density at radius 3 is 2.39 bits per heavy atom. The Kier molecular flexibility index (Phi) is 6.99. The predicted molar refractivity (Wildman–Crippen MR) is 144 cm³/mol. The van der Waals surface area contributed by atoms with Gasteiger partial charge in [0.05, 0.1) is 17.7 Å². The molecule has 0 saturated heterocycles. The van der Waals surface area contributed by atoms with E-state index in [1.54, 1.807) is 38.3 Å². The molecule has 1 saturated carbocycles. The lowest BCUT2D eigenvalue weighted by Gasteiger charge is -2.15. The van der Waals surface area contributed by atoms with Gasteiger partial charge in [-0.25, -0.2) is 4.79 Å². The fourth-order valence-electron chi connectivity index (χ4n) is 4.19. The smallest absolute Gasteiger partial charge is 0.412 e. The van der Waals surface area contributed by atoms with Gasteiger partial charge in [0.15, 0.2) is 5.13 Å². The van der Waals surface area contributed by atoms with Crippen molar-refractivity contribution in [2.45, 2.75) is 31.8 Å². The molecule has 5 rings (SSSR count). The van der Waals surface area contributed by atoms with E-state index in [1.165, 1.54) is 24.5 Å². The minimum atomic E-state index is -0.671. The summed E-state index contributed by atoms with van der Waals surface area (Å²) in [5.41, 5.74) is 5.26. The summed E-state index contributed by atoms with van der Waals surface area (Å²) >= 11 is 6.88. The molecule has 1 aliphatic carbocycles. The molecule has 1 N–H and O–H groups in total. The number of hydrogen-bond acceptors (Lipinski definition) is 4. The molecule has 7 heteroatoms. The highest BCUT2D eigenvalue weighted by Gasteiger charge is 2.23. The Labute approximate surface area is 218 Å². The van der Waals surface area contributed by atoms with E-state index in [-0.39, 0.29) is 0 Å². The standard InChI is InChI=1S/C29H25ClFNO3S/c1-17(18-9-12-23(30)13-10-18)35-29(33)32-25-16-27(31)36-28(25)22-11-14-24(26(15-22)34-2)21-7-5-20(6-8-21)19-3-4-19/h5-17,19H,3-4H2,1-2H3,(H,32,33). The molecule has 1 heterocycles. The number of halogens is 2. The summed E-state index contributed by atoms with van der Waals surface area (Å²) in [7, 11) is 1.62. The number of ether oxygens (including phenoxy) is 2. The third-order valence-corrected chi connectivity index (χ3v) is 7.52. The zero-order valence-electron chi connectivity index (χ0n) is 19.9. The van der Waals surface area contributed by atoms with E-state index in [1.807, 2.05) is 18.2 Å². The highest BCUT2D eigenvalue weighted by molar-refractivity contribution is 7.14.